The zero-order valence-corrected chi connectivity index (χ0v) is 12.4. The van der Waals surface area contributed by atoms with Crippen molar-refractivity contribution in [3.05, 3.63) is 15.8 Å². The lowest BCUT2D eigenvalue weighted by atomic mass is 10.1. The molecule has 0 saturated heterocycles. The normalized spacial score (nSPS) is 12.7. The van der Waals surface area contributed by atoms with Gasteiger partial charge in [-0.3, -0.25) is 10.1 Å². The molecular formula is C13H24N4O2. The molecule has 6 nitrogen and oxygen atoms in total. The molecule has 0 bridgehead atoms. The van der Waals surface area contributed by atoms with Gasteiger partial charge in [0.15, 0.2) is 0 Å². The number of anilines is 1. The molecule has 0 aliphatic carbocycles. The maximum Gasteiger partial charge on any atom is 0.333 e. The molecule has 0 radical (unpaired) electrons. The van der Waals surface area contributed by atoms with E-state index in [1.165, 1.54) is 0 Å². The van der Waals surface area contributed by atoms with Gasteiger partial charge in [0.1, 0.15) is 5.69 Å². The van der Waals surface area contributed by atoms with Crippen molar-refractivity contribution in [2.75, 3.05) is 5.32 Å². The van der Waals surface area contributed by atoms with E-state index >= 15 is 0 Å². The maximum absolute atomic E-state index is 11.2. The minimum absolute atomic E-state index is 0.0910. The molecule has 6 heteroatoms. The Balaban J connectivity index is 3.05. The topological polar surface area (TPSA) is 73.0 Å². The first-order valence-electron chi connectivity index (χ1n) is 6.88. The van der Waals surface area contributed by atoms with Gasteiger partial charge in [-0.05, 0) is 34.1 Å². The number of aromatic nitrogens is 2. The average molecular weight is 268 g/mol. The van der Waals surface area contributed by atoms with Gasteiger partial charge in [-0.25, -0.2) is 4.68 Å². The number of nitro groups is 1. The van der Waals surface area contributed by atoms with E-state index in [1.807, 2.05) is 20.8 Å². The van der Waals surface area contributed by atoms with Gasteiger partial charge in [0.2, 0.25) is 5.82 Å². The van der Waals surface area contributed by atoms with Gasteiger partial charge in [-0.1, -0.05) is 19.8 Å². The number of rotatable bonds is 7. The third-order valence-electron chi connectivity index (χ3n) is 3.10. The fourth-order valence-corrected chi connectivity index (χ4v) is 2.08. The summed E-state index contributed by atoms with van der Waals surface area (Å²) in [6.07, 6.45) is 3.23. The van der Waals surface area contributed by atoms with Crippen LogP contribution >= 0.6 is 0 Å². The molecule has 0 fully saturated rings. The summed E-state index contributed by atoms with van der Waals surface area (Å²) in [5.74, 6) is 0.529. The zero-order chi connectivity index (χ0) is 14.6. The van der Waals surface area contributed by atoms with E-state index < -0.39 is 0 Å². The van der Waals surface area contributed by atoms with Crippen molar-refractivity contribution < 1.29 is 4.92 Å². The molecule has 1 atom stereocenters. The first-order chi connectivity index (χ1) is 8.88. The van der Waals surface area contributed by atoms with Crippen LogP contribution in [0, 0.1) is 17.0 Å². The Morgan fingerprint density at radius 1 is 1.42 bits per heavy atom. The fraction of sp³-hybridized carbons (Fsp3) is 0.769. The molecular weight excluding hydrogens is 244 g/mol. The van der Waals surface area contributed by atoms with E-state index in [1.54, 1.807) is 11.6 Å². The lowest BCUT2D eigenvalue weighted by Gasteiger charge is -2.17. The standard InChI is InChI=1S/C13H24N4O2/c1-6-7-8-10(4)14-13-12(17(18)19)11(5)15-16(13)9(2)3/h9-10,14H,6-8H2,1-5H3. The molecule has 1 aromatic rings. The smallest absolute Gasteiger partial charge is 0.333 e. The Morgan fingerprint density at radius 2 is 2.05 bits per heavy atom. The Hall–Kier alpha value is -1.59. The summed E-state index contributed by atoms with van der Waals surface area (Å²) < 4.78 is 1.70. The molecule has 1 heterocycles. The van der Waals surface area contributed by atoms with Crippen LogP contribution < -0.4 is 5.32 Å². The monoisotopic (exact) mass is 268 g/mol. The predicted octanol–water partition coefficient (Wildman–Crippen LogP) is 3.67. The van der Waals surface area contributed by atoms with Crippen molar-refractivity contribution in [1.82, 2.24) is 9.78 Å². The lowest BCUT2D eigenvalue weighted by molar-refractivity contribution is -0.384. The van der Waals surface area contributed by atoms with E-state index in [0.717, 1.165) is 19.3 Å². The summed E-state index contributed by atoms with van der Waals surface area (Å²) in [4.78, 5) is 10.8. The van der Waals surface area contributed by atoms with E-state index in [9.17, 15) is 10.1 Å². The number of hydrogen-bond donors (Lipinski definition) is 1. The third-order valence-corrected chi connectivity index (χ3v) is 3.10. The Labute approximate surface area is 114 Å². The second-order valence-corrected chi connectivity index (χ2v) is 5.27. The molecule has 108 valence electrons. The molecule has 1 rings (SSSR count). The van der Waals surface area contributed by atoms with Gasteiger partial charge in [0.05, 0.1) is 4.92 Å². The Bertz CT molecular complexity index is 440. The summed E-state index contributed by atoms with van der Waals surface area (Å²) in [6, 6.07) is 0.292. The molecule has 19 heavy (non-hydrogen) atoms. The average Bonchev–Trinajstić information content (AvgIpc) is 2.63. The highest BCUT2D eigenvalue weighted by Crippen LogP contribution is 2.31. The van der Waals surface area contributed by atoms with Gasteiger partial charge < -0.3 is 5.32 Å². The zero-order valence-electron chi connectivity index (χ0n) is 12.4. The van der Waals surface area contributed by atoms with Crippen LogP contribution in [0.5, 0.6) is 0 Å². The van der Waals surface area contributed by atoms with Crippen molar-refractivity contribution in [3.8, 4) is 0 Å². The van der Waals surface area contributed by atoms with Crippen LogP contribution in [-0.2, 0) is 0 Å². The number of nitrogens with one attached hydrogen (secondary N) is 1. The van der Waals surface area contributed by atoms with E-state index in [-0.39, 0.29) is 22.7 Å². The molecule has 0 aromatic carbocycles. The summed E-state index contributed by atoms with van der Waals surface area (Å²) in [5, 5.41) is 18.7. The van der Waals surface area contributed by atoms with Gasteiger partial charge in [-0.2, -0.15) is 5.10 Å². The van der Waals surface area contributed by atoms with Crippen LogP contribution in [-0.4, -0.2) is 20.7 Å². The van der Waals surface area contributed by atoms with Gasteiger partial charge in [-0.15, -0.1) is 0 Å². The van der Waals surface area contributed by atoms with Crippen LogP contribution in [0.3, 0.4) is 0 Å². The third kappa shape index (κ3) is 3.68. The largest absolute Gasteiger partial charge is 0.362 e. The summed E-state index contributed by atoms with van der Waals surface area (Å²) >= 11 is 0. The molecule has 0 aliphatic heterocycles. The number of aryl methyl sites for hydroxylation is 1. The first-order valence-corrected chi connectivity index (χ1v) is 6.88. The number of hydrogen-bond acceptors (Lipinski definition) is 4. The fourth-order valence-electron chi connectivity index (χ4n) is 2.08. The lowest BCUT2D eigenvalue weighted by Crippen LogP contribution is -2.19. The SMILES string of the molecule is CCCCC(C)Nc1c([N+](=O)[O-])c(C)nn1C(C)C. The Morgan fingerprint density at radius 3 is 2.53 bits per heavy atom. The number of nitrogens with zero attached hydrogens (tertiary/aromatic N) is 3. The second-order valence-electron chi connectivity index (χ2n) is 5.27. The summed E-state index contributed by atoms with van der Waals surface area (Å²) in [6.45, 7) is 9.80. The molecule has 0 amide bonds. The van der Waals surface area contributed by atoms with Crippen LogP contribution in [0.1, 0.15) is 58.7 Å². The second kappa shape index (κ2) is 6.54. The summed E-state index contributed by atoms with van der Waals surface area (Å²) in [7, 11) is 0. The molecule has 1 N–H and O–H groups in total. The van der Waals surface area contributed by atoms with Crippen LogP contribution in [0.25, 0.3) is 0 Å². The van der Waals surface area contributed by atoms with Crippen molar-refractivity contribution >= 4 is 11.5 Å². The molecule has 1 aromatic heterocycles. The summed E-state index contributed by atoms with van der Waals surface area (Å²) in [5.41, 5.74) is 0.556. The highest BCUT2D eigenvalue weighted by molar-refractivity contribution is 5.60. The van der Waals surface area contributed by atoms with Crippen LogP contribution in [0.4, 0.5) is 11.5 Å². The molecule has 0 saturated carbocycles. The quantitative estimate of drug-likeness (QED) is 0.605. The Kier molecular flexibility index (Phi) is 5.32. The molecule has 0 spiro atoms. The highest BCUT2D eigenvalue weighted by Gasteiger charge is 2.27. The van der Waals surface area contributed by atoms with E-state index in [2.05, 4.69) is 17.3 Å². The first kappa shape index (κ1) is 15.5. The highest BCUT2D eigenvalue weighted by atomic mass is 16.6. The number of unbranched alkanes of at least 4 members (excludes halogenated alkanes) is 1. The molecule has 0 aliphatic rings. The van der Waals surface area contributed by atoms with Gasteiger partial charge in [0, 0.05) is 12.1 Å². The predicted molar refractivity (Wildman–Crippen MR) is 76.6 cm³/mol. The maximum atomic E-state index is 11.2. The minimum Gasteiger partial charge on any atom is -0.362 e. The van der Waals surface area contributed by atoms with Crippen molar-refractivity contribution in [2.24, 2.45) is 0 Å². The molecule has 1 unspecified atom stereocenters. The minimum atomic E-state index is -0.351. The van der Waals surface area contributed by atoms with E-state index in [0.29, 0.717) is 11.5 Å². The van der Waals surface area contributed by atoms with Crippen molar-refractivity contribution in [2.45, 2.75) is 66.0 Å². The van der Waals surface area contributed by atoms with Crippen molar-refractivity contribution in [3.63, 3.8) is 0 Å². The van der Waals surface area contributed by atoms with Crippen LogP contribution in [0.2, 0.25) is 0 Å². The van der Waals surface area contributed by atoms with Crippen molar-refractivity contribution in [1.29, 1.82) is 0 Å². The van der Waals surface area contributed by atoms with Gasteiger partial charge >= 0.3 is 5.69 Å². The van der Waals surface area contributed by atoms with Crippen LogP contribution in [0.15, 0.2) is 0 Å². The van der Waals surface area contributed by atoms with E-state index in [4.69, 9.17) is 0 Å². The van der Waals surface area contributed by atoms with Gasteiger partial charge in [0.25, 0.3) is 0 Å².